The molecule has 2 saturated carbocycles. The minimum Gasteiger partial charge on any atom is -0.311 e. The van der Waals surface area contributed by atoms with E-state index in [0.717, 1.165) is 17.4 Å². The second kappa shape index (κ2) is 5.73. The van der Waals surface area contributed by atoms with Gasteiger partial charge in [0.1, 0.15) is 0 Å². The molecule has 2 aliphatic rings. The van der Waals surface area contributed by atoms with Crippen LogP contribution in [0.1, 0.15) is 78.6 Å². The first-order valence-corrected chi connectivity index (χ1v) is 7.86. The van der Waals surface area contributed by atoms with E-state index < -0.39 is 0 Å². The minimum absolute atomic E-state index is 0.706. The highest BCUT2D eigenvalue weighted by molar-refractivity contribution is 4.91. The van der Waals surface area contributed by atoms with Crippen molar-refractivity contribution in [2.24, 2.45) is 11.3 Å². The Morgan fingerprint density at radius 3 is 2.12 bits per heavy atom. The predicted molar refractivity (Wildman–Crippen MR) is 75.2 cm³/mol. The lowest BCUT2D eigenvalue weighted by Gasteiger charge is -2.38. The monoisotopic (exact) mass is 237 g/mol. The average molecular weight is 237 g/mol. The fourth-order valence-electron chi connectivity index (χ4n) is 4.20. The maximum atomic E-state index is 3.86. The van der Waals surface area contributed by atoms with E-state index in [1.165, 1.54) is 57.8 Å². The predicted octanol–water partition coefficient (Wildman–Crippen LogP) is 4.51. The van der Waals surface area contributed by atoms with E-state index in [-0.39, 0.29) is 0 Å². The Kier molecular flexibility index (Phi) is 4.52. The lowest BCUT2D eigenvalue weighted by molar-refractivity contribution is 0.161. The third kappa shape index (κ3) is 3.71. The van der Waals surface area contributed by atoms with Gasteiger partial charge in [0.2, 0.25) is 0 Å². The zero-order valence-electron chi connectivity index (χ0n) is 12.1. The quantitative estimate of drug-likeness (QED) is 0.758. The van der Waals surface area contributed by atoms with E-state index >= 15 is 0 Å². The fourth-order valence-corrected chi connectivity index (χ4v) is 4.20. The molecule has 0 bridgehead atoms. The molecule has 2 rings (SSSR count). The normalized spacial score (nSPS) is 26.8. The summed E-state index contributed by atoms with van der Waals surface area (Å²) in [6.07, 6.45) is 13.2. The summed E-state index contributed by atoms with van der Waals surface area (Å²) in [6, 6.07) is 1.52. The highest BCUT2D eigenvalue weighted by Crippen LogP contribution is 2.48. The molecule has 0 radical (unpaired) electrons. The second-order valence-electron chi connectivity index (χ2n) is 7.18. The minimum atomic E-state index is 0.706. The van der Waals surface area contributed by atoms with Crippen LogP contribution in [0.4, 0.5) is 0 Å². The van der Waals surface area contributed by atoms with Gasteiger partial charge in [0.15, 0.2) is 0 Å². The van der Waals surface area contributed by atoms with Crippen LogP contribution in [0.15, 0.2) is 0 Å². The van der Waals surface area contributed by atoms with Crippen LogP contribution in [0.3, 0.4) is 0 Å². The SMILES string of the molecule is CC(C)CC(C)NC1CCC2(CCCC2)CC1. The molecule has 0 heterocycles. The number of hydrogen-bond donors (Lipinski definition) is 1. The number of hydrogen-bond acceptors (Lipinski definition) is 1. The van der Waals surface area contributed by atoms with Gasteiger partial charge in [-0.25, -0.2) is 0 Å². The molecule has 100 valence electrons. The van der Waals surface area contributed by atoms with Gasteiger partial charge in [-0.15, -0.1) is 0 Å². The number of rotatable bonds is 4. The maximum absolute atomic E-state index is 3.86. The van der Waals surface area contributed by atoms with Gasteiger partial charge in [0.05, 0.1) is 0 Å². The van der Waals surface area contributed by atoms with Crippen molar-refractivity contribution < 1.29 is 0 Å². The van der Waals surface area contributed by atoms with Gasteiger partial charge in [-0.2, -0.15) is 0 Å². The van der Waals surface area contributed by atoms with Gasteiger partial charge in [-0.3, -0.25) is 0 Å². The Balaban J connectivity index is 1.71. The molecule has 0 aromatic heterocycles. The molecular weight excluding hydrogens is 206 g/mol. The second-order valence-corrected chi connectivity index (χ2v) is 7.18. The molecule has 1 atom stereocenters. The topological polar surface area (TPSA) is 12.0 Å². The fraction of sp³-hybridized carbons (Fsp3) is 1.00. The third-order valence-electron chi connectivity index (χ3n) is 5.06. The van der Waals surface area contributed by atoms with Gasteiger partial charge in [0.25, 0.3) is 0 Å². The molecule has 0 saturated heterocycles. The highest BCUT2D eigenvalue weighted by Gasteiger charge is 2.37. The van der Waals surface area contributed by atoms with Gasteiger partial charge in [0, 0.05) is 12.1 Å². The van der Waals surface area contributed by atoms with Crippen LogP contribution in [-0.4, -0.2) is 12.1 Å². The molecule has 1 spiro atoms. The summed E-state index contributed by atoms with van der Waals surface area (Å²) in [5.41, 5.74) is 0.791. The Bertz CT molecular complexity index is 218. The Labute approximate surface area is 108 Å². The van der Waals surface area contributed by atoms with Crippen molar-refractivity contribution in [3.63, 3.8) is 0 Å². The van der Waals surface area contributed by atoms with Crippen LogP contribution in [0, 0.1) is 11.3 Å². The van der Waals surface area contributed by atoms with Crippen LogP contribution >= 0.6 is 0 Å². The first-order chi connectivity index (χ1) is 8.10. The van der Waals surface area contributed by atoms with Gasteiger partial charge >= 0.3 is 0 Å². The molecular formula is C16H31N. The van der Waals surface area contributed by atoms with Crippen LogP contribution in [-0.2, 0) is 0 Å². The van der Waals surface area contributed by atoms with Crippen LogP contribution in [0.25, 0.3) is 0 Å². The first-order valence-electron chi connectivity index (χ1n) is 7.86. The van der Waals surface area contributed by atoms with Crippen LogP contribution in [0.2, 0.25) is 0 Å². The summed E-state index contributed by atoms with van der Waals surface area (Å²) >= 11 is 0. The van der Waals surface area contributed by atoms with E-state index in [0.29, 0.717) is 6.04 Å². The zero-order valence-corrected chi connectivity index (χ0v) is 12.1. The Morgan fingerprint density at radius 2 is 1.59 bits per heavy atom. The lowest BCUT2D eigenvalue weighted by Crippen LogP contribution is -2.41. The molecule has 0 amide bonds. The largest absolute Gasteiger partial charge is 0.311 e. The third-order valence-corrected chi connectivity index (χ3v) is 5.06. The summed E-state index contributed by atoms with van der Waals surface area (Å²) in [6.45, 7) is 7.01. The summed E-state index contributed by atoms with van der Waals surface area (Å²) in [5.74, 6) is 0.822. The standard InChI is InChI=1S/C16H31N/c1-13(2)12-14(3)17-15-6-10-16(11-7-15)8-4-5-9-16/h13-15,17H,4-12H2,1-3H3. The molecule has 1 nitrogen and oxygen atoms in total. The highest BCUT2D eigenvalue weighted by atomic mass is 14.9. The molecule has 17 heavy (non-hydrogen) atoms. The molecule has 1 heteroatoms. The van der Waals surface area contributed by atoms with E-state index in [1.807, 2.05) is 0 Å². The molecule has 0 aliphatic heterocycles. The van der Waals surface area contributed by atoms with Crippen molar-refractivity contribution in [3.8, 4) is 0 Å². The molecule has 1 unspecified atom stereocenters. The van der Waals surface area contributed by atoms with Crippen molar-refractivity contribution in [2.75, 3.05) is 0 Å². The van der Waals surface area contributed by atoms with Gasteiger partial charge in [-0.05, 0) is 63.2 Å². The molecule has 2 fully saturated rings. The summed E-state index contributed by atoms with van der Waals surface area (Å²) in [4.78, 5) is 0. The Morgan fingerprint density at radius 1 is 1.00 bits per heavy atom. The first kappa shape index (κ1) is 13.4. The summed E-state index contributed by atoms with van der Waals surface area (Å²) in [7, 11) is 0. The molecule has 2 aliphatic carbocycles. The summed E-state index contributed by atoms with van der Waals surface area (Å²) in [5, 5.41) is 3.86. The Hall–Kier alpha value is -0.0400. The number of nitrogens with one attached hydrogen (secondary N) is 1. The maximum Gasteiger partial charge on any atom is 0.00699 e. The van der Waals surface area contributed by atoms with E-state index in [9.17, 15) is 0 Å². The van der Waals surface area contributed by atoms with Crippen molar-refractivity contribution in [2.45, 2.75) is 90.6 Å². The lowest BCUT2D eigenvalue weighted by atomic mass is 9.71. The van der Waals surface area contributed by atoms with E-state index in [4.69, 9.17) is 0 Å². The van der Waals surface area contributed by atoms with Crippen molar-refractivity contribution in [1.82, 2.24) is 5.32 Å². The van der Waals surface area contributed by atoms with E-state index in [1.54, 1.807) is 0 Å². The van der Waals surface area contributed by atoms with Crippen molar-refractivity contribution >= 4 is 0 Å². The van der Waals surface area contributed by atoms with Gasteiger partial charge in [-0.1, -0.05) is 26.7 Å². The zero-order chi connectivity index (χ0) is 12.3. The molecule has 1 N–H and O–H groups in total. The van der Waals surface area contributed by atoms with Crippen molar-refractivity contribution in [3.05, 3.63) is 0 Å². The molecule has 0 aromatic rings. The van der Waals surface area contributed by atoms with Crippen LogP contribution in [0.5, 0.6) is 0 Å². The molecule has 0 aromatic carbocycles. The summed E-state index contributed by atoms with van der Waals surface area (Å²) < 4.78 is 0. The van der Waals surface area contributed by atoms with Gasteiger partial charge < -0.3 is 5.32 Å². The van der Waals surface area contributed by atoms with E-state index in [2.05, 4.69) is 26.1 Å². The van der Waals surface area contributed by atoms with Crippen LogP contribution < -0.4 is 5.32 Å². The smallest absolute Gasteiger partial charge is 0.00699 e. The average Bonchev–Trinajstić information content (AvgIpc) is 2.69. The van der Waals surface area contributed by atoms with Crippen molar-refractivity contribution in [1.29, 1.82) is 0 Å².